The molecule has 7 heteroatoms. The summed E-state index contributed by atoms with van der Waals surface area (Å²) in [5.74, 6) is 1.43. The van der Waals surface area contributed by atoms with Crippen molar-refractivity contribution in [2.24, 2.45) is 0 Å². The van der Waals surface area contributed by atoms with Gasteiger partial charge in [-0.2, -0.15) is 0 Å². The van der Waals surface area contributed by atoms with Crippen molar-refractivity contribution in [2.45, 2.75) is 12.3 Å². The summed E-state index contributed by atoms with van der Waals surface area (Å²) in [5.41, 5.74) is 1.51. The largest absolute Gasteiger partial charge is 0.497 e. The highest BCUT2D eigenvalue weighted by molar-refractivity contribution is 5.80. The van der Waals surface area contributed by atoms with Crippen molar-refractivity contribution < 1.29 is 33.2 Å². The second kappa shape index (κ2) is 10.4. The number of carbonyl (C=O) groups is 1. The van der Waals surface area contributed by atoms with Gasteiger partial charge >= 0.3 is 5.97 Å². The number of rotatable bonds is 10. The van der Waals surface area contributed by atoms with Crippen LogP contribution >= 0.6 is 0 Å². The maximum absolute atomic E-state index is 12.6. The zero-order valence-electron chi connectivity index (χ0n) is 16.8. The van der Waals surface area contributed by atoms with Gasteiger partial charge in [0.2, 0.25) is 0 Å². The predicted octanol–water partition coefficient (Wildman–Crippen LogP) is 3.19. The molecule has 0 spiro atoms. The molecule has 0 aliphatic heterocycles. The Morgan fingerprint density at radius 2 is 1.50 bits per heavy atom. The molecular weight excluding hydrogens is 364 g/mol. The lowest BCUT2D eigenvalue weighted by atomic mass is 9.90. The molecule has 0 N–H and O–H groups in total. The van der Waals surface area contributed by atoms with Gasteiger partial charge < -0.3 is 28.4 Å². The van der Waals surface area contributed by atoms with Crippen LogP contribution in [0.25, 0.3) is 0 Å². The Hall–Kier alpha value is -2.93. The first-order chi connectivity index (χ1) is 13.6. The summed E-state index contributed by atoms with van der Waals surface area (Å²) < 4.78 is 31.7. The van der Waals surface area contributed by atoms with Gasteiger partial charge in [-0.1, -0.05) is 12.1 Å². The van der Waals surface area contributed by atoms with Gasteiger partial charge in [-0.25, -0.2) is 0 Å². The van der Waals surface area contributed by atoms with E-state index in [1.165, 1.54) is 7.11 Å². The van der Waals surface area contributed by atoms with E-state index in [9.17, 15) is 4.79 Å². The molecule has 0 aliphatic carbocycles. The summed E-state index contributed by atoms with van der Waals surface area (Å²) in [6.07, 6.45) is 0.346. The minimum atomic E-state index is -0.593. The van der Waals surface area contributed by atoms with E-state index in [-0.39, 0.29) is 12.8 Å². The number of carbonyl (C=O) groups excluding carboxylic acids is 1. The van der Waals surface area contributed by atoms with Gasteiger partial charge in [0.25, 0.3) is 0 Å². The topological polar surface area (TPSA) is 72.5 Å². The Morgan fingerprint density at radius 3 is 2.07 bits per heavy atom. The average molecular weight is 390 g/mol. The minimum absolute atomic E-state index is 0.0783. The molecule has 0 amide bonds. The molecule has 0 saturated carbocycles. The zero-order valence-corrected chi connectivity index (χ0v) is 16.8. The molecule has 0 fully saturated rings. The summed E-state index contributed by atoms with van der Waals surface area (Å²) in [7, 11) is 7.60. The summed E-state index contributed by atoms with van der Waals surface area (Å²) >= 11 is 0. The first-order valence-electron chi connectivity index (χ1n) is 8.66. The fourth-order valence-electron chi connectivity index (χ4n) is 2.88. The molecule has 2 aromatic rings. The van der Waals surface area contributed by atoms with Crippen LogP contribution in [0.1, 0.15) is 17.0 Å². The number of esters is 1. The Labute approximate surface area is 165 Å². The molecule has 0 bridgehead atoms. The number of benzene rings is 2. The number of methoxy groups -OCH3 is 5. The van der Waals surface area contributed by atoms with Crippen LogP contribution in [0.4, 0.5) is 0 Å². The lowest BCUT2D eigenvalue weighted by molar-refractivity contribution is -0.142. The van der Waals surface area contributed by atoms with Crippen LogP contribution in [0.15, 0.2) is 36.4 Å². The van der Waals surface area contributed by atoms with Crippen molar-refractivity contribution >= 4 is 5.97 Å². The van der Waals surface area contributed by atoms with E-state index in [0.29, 0.717) is 35.0 Å². The van der Waals surface area contributed by atoms with E-state index in [1.54, 1.807) is 52.7 Å². The van der Waals surface area contributed by atoms with Crippen molar-refractivity contribution in [3.63, 3.8) is 0 Å². The van der Waals surface area contributed by atoms with Gasteiger partial charge in [0.1, 0.15) is 23.0 Å². The molecule has 0 heterocycles. The fraction of sp³-hybridized carbons (Fsp3) is 0.381. The molecule has 1 atom stereocenters. The van der Waals surface area contributed by atoms with Crippen molar-refractivity contribution in [1.29, 1.82) is 0 Å². The first kappa shape index (κ1) is 21.4. The molecule has 0 aromatic heterocycles. The van der Waals surface area contributed by atoms with E-state index in [4.69, 9.17) is 28.4 Å². The van der Waals surface area contributed by atoms with Gasteiger partial charge in [0.05, 0.1) is 34.4 Å². The van der Waals surface area contributed by atoms with Gasteiger partial charge in [0, 0.05) is 24.8 Å². The second-order valence-corrected chi connectivity index (χ2v) is 5.91. The van der Waals surface area contributed by atoms with Gasteiger partial charge in [-0.3, -0.25) is 4.79 Å². The predicted molar refractivity (Wildman–Crippen MR) is 104 cm³/mol. The molecule has 0 aliphatic rings. The third-order valence-electron chi connectivity index (χ3n) is 4.33. The van der Waals surface area contributed by atoms with Gasteiger partial charge in [-0.15, -0.1) is 0 Å². The van der Waals surface area contributed by atoms with Crippen LogP contribution in [-0.4, -0.2) is 48.3 Å². The van der Waals surface area contributed by atoms with Crippen molar-refractivity contribution in [3.8, 4) is 23.0 Å². The van der Waals surface area contributed by atoms with Crippen LogP contribution in [0.5, 0.6) is 23.0 Å². The highest BCUT2D eigenvalue weighted by Crippen LogP contribution is 2.36. The Bertz CT molecular complexity index is 788. The molecule has 1 unspecified atom stereocenters. The Balaban J connectivity index is 2.45. The quantitative estimate of drug-likeness (QED) is 0.456. The van der Waals surface area contributed by atoms with E-state index in [1.807, 2.05) is 12.1 Å². The maximum Gasteiger partial charge on any atom is 0.313 e. The van der Waals surface area contributed by atoms with Crippen LogP contribution < -0.4 is 18.9 Å². The van der Waals surface area contributed by atoms with Crippen LogP contribution in [0.3, 0.4) is 0 Å². The summed E-state index contributed by atoms with van der Waals surface area (Å²) in [6, 6.07) is 10.8. The Morgan fingerprint density at radius 1 is 0.857 bits per heavy atom. The van der Waals surface area contributed by atoms with Gasteiger partial charge in [-0.05, 0) is 24.1 Å². The molecule has 0 saturated heterocycles. The fourth-order valence-corrected chi connectivity index (χ4v) is 2.88. The van der Waals surface area contributed by atoms with Crippen molar-refractivity contribution in [3.05, 3.63) is 47.5 Å². The average Bonchev–Trinajstić information content (AvgIpc) is 2.75. The third kappa shape index (κ3) is 5.07. The van der Waals surface area contributed by atoms with E-state index in [0.717, 1.165) is 5.56 Å². The smallest absolute Gasteiger partial charge is 0.313 e. The van der Waals surface area contributed by atoms with Crippen LogP contribution in [0, 0.1) is 0 Å². The summed E-state index contributed by atoms with van der Waals surface area (Å²) in [6.45, 7) is 0.0783. The van der Waals surface area contributed by atoms with Crippen LogP contribution in [0.2, 0.25) is 0 Å². The molecule has 7 nitrogen and oxygen atoms in total. The molecule has 2 rings (SSSR count). The minimum Gasteiger partial charge on any atom is -0.497 e. The second-order valence-electron chi connectivity index (χ2n) is 5.91. The number of hydrogen-bond donors (Lipinski definition) is 0. The maximum atomic E-state index is 12.6. The highest BCUT2D eigenvalue weighted by Gasteiger charge is 2.27. The van der Waals surface area contributed by atoms with Crippen molar-refractivity contribution in [1.82, 2.24) is 0 Å². The summed E-state index contributed by atoms with van der Waals surface area (Å²) in [4.78, 5) is 12.6. The molecular formula is C21H26O7. The molecule has 28 heavy (non-hydrogen) atoms. The third-order valence-corrected chi connectivity index (χ3v) is 4.33. The highest BCUT2D eigenvalue weighted by atomic mass is 16.7. The SMILES string of the molecule is COCOc1cc(OC)ccc1CC(C(=O)OC)c1ccc(OC)cc1OC. The lowest BCUT2D eigenvalue weighted by Gasteiger charge is -2.20. The zero-order chi connectivity index (χ0) is 20.5. The van der Waals surface area contributed by atoms with E-state index >= 15 is 0 Å². The molecule has 0 radical (unpaired) electrons. The monoisotopic (exact) mass is 390 g/mol. The Kier molecular flexibility index (Phi) is 7.95. The number of ether oxygens (including phenoxy) is 6. The molecule has 2 aromatic carbocycles. The number of hydrogen-bond acceptors (Lipinski definition) is 7. The van der Waals surface area contributed by atoms with Crippen LogP contribution in [-0.2, 0) is 20.7 Å². The summed E-state index contributed by atoms with van der Waals surface area (Å²) in [5, 5.41) is 0. The van der Waals surface area contributed by atoms with Crippen molar-refractivity contribution in [2.75, 3.05) is 42.3 Å². The normalized spacial score (nSPS) is 11.5. The first-order valence-corrected chi connectivity index (χ1v) is 8.66. The molecule has 152 valence electrons. The van der Waals surface area contributed by atoms with E-state index in [2.05, 4.69) is 0 Å². The lowest BCUT2D eigenvalue weighted by Crippen LogP contribution is -2.18. The van der Waals surface area contributed by atoms with E-state index < -0.39 is 5.92 Å². The standard InChI is InChI=1S/C21H26O7/c1-23-13-28-19-11-15(24-2)7-6-14(19)10-18(21(22)27-5)17-9-8-16(25-3)12-20(17)26-4/h6-9,11-12,18H,10,13H2,1-5H3. The van der Waals surface area contributed by atoms with Gasteiger partial charge in [0.15, 0.2) is 6.79 Å².